The Labute approximate surface area is 111 Å². The first kappa shape index (κ1) is 16.7. The molecule has 0 aliphatic carbocycles. The average Bonchev–Trinajstić information content (AvgIpc) is 2.28. The fourth-order valence-corrected chi connectivity index (χ4v) is 1.69. The highest BCUT2D eigenvalue weighted by atomic mass is 16.5. The highest BCUT2D eigenvalue weighted by Crippen LogP contribution is 2.21. The summed E-state index contributed by atoms with van der Waals surface area (Å²) in [7, 11) is 0. The number of rotatable bonds is 9. The maximum Gasteiger partial charge on any atom is 0.302 e. The number of carbonyl (C=O) groups is 1. The molecule has 0 aliphatic rings. The summed E-state index contributed by atoms with van der Waals surface area (Å²) < 4.78 is 4.92. The lowest BCUT2D eigenvalue weighted by Crippen LogP contribution is -2.02. The molecule has 0 aromatic heterocycles. The van der Waals surface area contributed by atoms with Crippen LogP contribution in [0.1, 0.15) is 46.5 Å². The van der Waals surface area contributed by atoms with Crippen LogP contribution in [0.15, 0.2) is 36.5 Å². The summed E-state index contributed by atoms with van der Waals surface area (Å²) in [6, 6.07) is 0. The van der Waals surface area contributed by atoms with Gasteiger partial charge in [-0.3, -0.25) is 4.79 Å². The van der Waals surface area contributed by atoms with Crippen LogP contribution in [0, 0.1) is 5.92 Å². The Morgan fingerprint density at radius 2 is 2.00 bits per heavy atom. The van der Waals surface area contributed by atoms with Gasteiger partial charge in [0.05, 0.1) is 6.61 Å². The van der Waals surface area contributed by atoms with E-state index in [1.165, 1.54) is 18.1 Å². The quantitative estimate of drug-likeness (QED) is 0.447. The molecule has 0 radical (unpaired) electrons. The topological polar surface area (TPSA) is 26.3 Å². The zero-order valence-electron chi connectivity index (χ0n) is 12.0. The van der Waals surface area contributed by atoms with Gasteiger partial charge in [-0.1, -0.05) is 29.9 Å². The Balaban J connectivity index is 4.09. The fraction of sp³-hybridized carbons (Fsp3) is 0.562. The van der Waals surface area contributed by atoms with E-state index in [0.717, 1.165) is 25.7 Å². The van der Waals surface area contributed by atoms with Crippen molar-refractivity contribution >= 4 is 5.97 Å². The van der Waals surface area contributed by atoms with Gasteiger partial charge >= 0.3 is 5.97 Å². The van der Waals surface area contributed by atoms with Gasteiger partial charge in [-0.05, 0) is 39.0 Å². The number of ether oxygens (including phenoxy) is 1. The zero-order valence-corrected chi connectivity index (χ0v) is 12.0. The average molecular weight is 250 g/mol. The predicted octanol–water partition coefficient (Wildman–Crippen LogP) is 4.43. The van der Waals surface area contributed by atoms with Gasteiger partial charge in [0.2, 0.25) is 0 Å². The molecule has 0 N–H and O–H groups in total. The van der Waals surface area contributed by atoms with Crippen LogP contribution in [-0.2, 0) is 9.53 Å². The van der Waals surface area contributed by atoms with Crippen molar-refractivity contribution in [3.8, 4) is 0 Å². The van der Waals surface area contributed by atoms with Crippen molar-refractivity contribution in [2.75, 3.05) is 6.61 Å². The molecule has 102 valence electrons. The molecule has 0 spiro atoms. The summed E-state index contributed by atoms with van der Waals surface area (Å²) in [5.41, 5.74) is 2.49. The highest BCUT2D eigenvalue weighted by molar-refractivity contribution is 5.65. The highest BCUT2D eigenvalue weighted by Gasteiger charge is 2.07. The first-order valence-corrected chi connectivity index (χ1v) is 6.52. The molecular weight excluding hydrogens is 224 g/mol. The molecule has 2 heteroatoms. The first-order chi connectivity index (χ1) is 8.47. The molecule has 0 unspecified atom stereocenters. The van der Waals surface area contributed by atoms with E-state index < -0.39 is 0 Å². The minimum atomic E-state index is -0.214. The molecule has 2 nitrogen and oxygen atoms in total. The maximum atomic E-state index is 10.6. The van der Waals surface area contributed by atoms with Crippen LogP contribution < -0.4 is 0 Å². The largest absolute Gasteiger partial charge is 0.466 e. The van der Waals surface area contributed by atoms with Gasteiger partial charge in [-0.25, -0.2) is 0 Å². The molecule has 0 rings (SSSR count). The van der Waals surface area contributed by atoms with Crippen LogP contribution in [0.25, 0.3) is 0 Å². The van der Waals surface area contributed by atoms with E-state index >= 15 is 0 Å². The smallest absolute Gasteiger partial charge is 0.302 e. The maximum absolute atomic E-state index is 10.6. The predicted molar refractivity (Wildman–Crippen MR) is 77.4 cm³/mol. The van der Waals surface area contributed by atoms with E-state index in [9.17, 15) is 4.79 Å². The Morgan fingerprint density at radius 1 is 1.33 bits per heavy atom. The molecular formula is C16H26O2. The van der Waals surface area contributed by atoms with Gasteiger partial charge in [0.1, 0.15) is 0 Å². The van der Waals surface area contributed by atoms with E-state index in [1.807, 2.05) is 6.08 Å². The van der Waals surface area contributed by atoms with Crippen LogP contribution >= 0.6 is 0 Å². The Bertz CT molecular complexity index is 313. The Hall–Kier alpha value is -1.31. The van der Waals surface area contributed by atoms with Crippen molar-refractivity contribution < 1.29 is 9.53 Å². The summed E-state index contributed by atoms with van der Waals surface area (Å²) in [6.45, 7) is 13.9. The third-order valence-corrected chi connectivity index (χ3v) is 2.97. The summed E-state index contributed by atoms with van der Waals surface area (Å²) in [6.07, 6.45) is 8.13. The van der Waals surface area contributed by atoms with Crippen molar-refractivity contribution in [3.63, 3.8) is 0 Å². The molecule has 0 aromatic rings. The van der Waals surface area contributed by atoms with E-state index in [2.05, 4.69) is 33.1 Å². The normalized spacial score (nSPS) is 12.9. The second-order valence-electron chi connectivity index (χ2n) is 4.79. The lowest BCUT2D eigenvalue weighted by molar-refractivity contribution is -0.140. The monoisotopic (exact) mass is 250 g/mol. The molecule has 0 saturated carbocycles. The minimum Gasteiger partial charge on any atom is -0.466 e. The van der Waals surface area contributed by atoms with Gasteiger partial charge in [0, 0.05) is 13.3 Å². The van der Waals surface area contributed by atoms with Crippen LogP contribution in [-0.4, -0.2) is 12.6 Å². The summed E-state index contributed by atoms with van der Waals surface area (Å²) in [4.78, 5) is 10.6. The lowest BCUT2D eigenvalue weighted by Gasteiger charge is -2.14. The molecule has 0 amide bonds. The van der Waals surface area contributed by atoms with Gasteiger partial charge in [-0.15, -0.1) is 6.58 Å². The van der Waals surface area contributed by atoms with Crippen molar-refractivity contribution in [1.82, 2.24) is 0 Å². The number of hydrogen-bond acceptors (Lipinski definition) is 2. The Morgan fingerprint density at radius 3 is 2.50 bits per heavy atom. The minimum absolute atomic E-state index is 0.214. The molecule has 0 aliphatic heterocycles. The second-order valence-corrected chi connectivity index (χ2v) is 4.79. The van der Waals surface area contributed by atoms with Crippen molar-refractivity contribution in [3.05, 3.63) is 36.5 Å². The number of carbonyl (C=O) groups excluding carboxylic acids is 1. The molecule has 0 heterocycles. The van der Waals surface area contributed by atoms with Gasteiger partial charge in [0.15, 0.2) is 0 Å². The van der Waals surface area contributed by atoms with Gasteiger partial charge in [0.25, 0.3) is 0 Å². The Kier molecular flexibility index (Phi) is 8.99. The molecule has 0 saturated heterocycles. The van der Waals surface area contributed by atoms with Crippen LogP contribution in [0.5, 0.6) is 0 Å². The number of esters is 1. The number of allylic oxidation sites excluding steroid dienone is 3. The van der Waals surface area contributed by atoms with Crippen molar-refractivity contribution in [1.29, 1.82) is 0 Å². The van der Waals surface area contributed by atoms with Crippen LogP contribution in [0.4, 0.5) is 0 Å². The standard InChI is InChI=1S/C16H26O2/c1-6-7-8-16(13(2)3)10-9-14(4)11-12-18-15(5)17/h6,9,16H,1-2,7-8,10-12H2,3-5H3/b14-9-/t16-/m1/s1. The van der Waals surface area contributed by atoms with Crippen molar-refractivity contribution in [2.24, 2.45) is 5.92 Å². The van der Waals surface area contributed by atoms with Gasteiger partial charge in [-0.2, -0.15) is 0 Å². The summed E-state index contributed by atoms with van der Waals surface area (Å²) in [5, 5.41) is 0. The van der Waals surface area contributed by atoms with Crippen molar-refractivity contribution in [2.45, 2.75) is 46.5 Å². The lowest BCUT2D eigenvalue weighted by atomic mass is 9.92. The summed E-state index contributed by atoms with van der Waals surface area (Å²) >= 11 is 0. The van der Waals surface area contributed by atoms with E-state index in [1.54, 1.807) is 0 Å². The molecule has 1 atom stereocenters. The van der Waals surface area contributed by atoms with Crippen LogP contribution in [0.2, 0.25) is 0 Å². The van der Waals surface area contributed by atoms with Crippen LogP contribution in [0.3, 0.4) is 0 Å². The molecule has 0 fully saturated rings. The van der Waals surface area contributed by atoms with E-state index in [4.69, 9.17) is 4.74 Å². The summed E-state index contributed by atoms with van der Waals surface area (Å²) in [5.74, 6) is 0.306. The first-order valence-electron chi connectivity index (χ1n) is 6.52. The van der Waals surface area contributed by atoms with Gasteiger partial charge < -0.3 is 4.74 Å². The second kappa shape index (κ2) is 9.69. The SMILES string of the molecule is C=CCC[C@H](C/C=C(/C)CCOC(C)=O)C(=C)C. The zero-order chi connectivity index (χ0) is 14.0. The molecule has 0 aromatic carbocycles. The molecule has 0 bridgehead atoms. The molecule has 18 heavy (non-hydrogen) atoms. The fourth-order valence-electron chi connectivity index (χ4n) is 1.69. The van der Waals surface area contributed by atoms with E-state index in [0.29, 0.717) is 12.5 Å². The third-order valence-electron chi connectivity index (χ3n) is 2.97. The number of hydrogen-bond donors (Lipinski definition) is 0. The third kappa shape index (κ3) is 8.80. The van der Waals surface area contributed by atoms with E-state index in [-0.39, 0.29) is 5.97 Å².